The van der Waals surface area contributed by atoms with Crippen LogP contribution in [-0.4, -0.2) is 79.2 Å². The minimum absolute atomic E-state index is 0.00740. The molecular formula is C20H27N3O4. The quantitative estimate of drug-likeness (QED) is 0.793. The van der Waals surface area contributed by atoms with Gasteiger partial charge in [0.05, 0.1) is 26.3 Å². The third-order valence-corrected chi connectivity index (χ3v) is 5.32. The molecule has 146 valence electrons. The van der Waals surface area contributed by atoms with Crippen molar-refractivity contribution in [2.24, 2.45) is 0 Å². The molecule has 0 unspecified atom stereocenters. The van der Waals surface area contributed by atoms with Crippen LogP contribution in [0.2, 0.25) is 0 Å². The van der Waals surface area contributed by atoms with Crippen LogP contribution in [0.1, 0.15) is 19.3 Å². The second kappa shape index (κ2) is 8.27. The summed E-state index contributed by atoms with van der Waals surface area (Å²) in [6, 6.07) is 9.41. The number of carbonyl (C=O) groups is 2. The van der Waals surface area contributed by atoms with Crippen LogP contribution in [0.25, 0.3) is 0 Å². The Bertz CT molecular complexity index is 658. The van der Waals surface area contributed by atoms with Gasteiger partial charge in [0.25, 0.3) is 0 Å². The van der Waals surface area contributed by atoms with Gasteiger partial charge in [-0.3, -0.25) is 14.5 Å². The average Bonchev–Trinajstić information content (AvgIpc) is 3.39. The Hall–Kier alpha value is -2.12. The number of likely N-dealkylation sites (tertiary alicyclic amines) is 1. The first-order valence-electron chi connectivity index (χ1n) is 9.80. The Balaban J connectivity index is 1.41. The molecule has 27 heavy (non-hydrogen) atoms. The lowest BCUT2D eigenvalue weighted by molar-refractivity contribution is -0.140. The van der Waals surface area contributed by atoms with Gasteiger partial charge in [-0.1, -0.05) is 18.2 Å². The number of nitrogens with one attached hydrogen (secondary N) is 1. The van der Waals surface area contributed by atoms with Crippen LogP contribution in [0.15, 0.2) is 30.3 Å². The number of amides is 2. The van der Waals surface area contributed by atoms with Gasteiger partial charge in [0.2, 0.25) is 11.8 Å². The predicted molar refractivity (Wildman–Crippen MR) is 99.4 cm³/mol. The number of nitrogens with zero attached hydrogens (tertiary/aromatic N) is 2. The lowest BCUT2D eigenvalue weighted by atomic mass is 10.1. The molecule has 4 rings (SSSR count). The largest absolute Gasteiger partial charge is 0.488 e. The third kappa shape index (κ3) is 4.78. The van der Waals surface area contributed by atoms with Crippen LogP contribution >= 0.6 is 0 Å². The minimum atomic E-state index is -0.451. The van der Waals surface area contributed by atoms with E-state index in [4.69, 9.17) is 9.47 Å². The maximum absolute atomic E-state index is 12.9. The molecule has 1 N–H and O–H groups in total. The summed E-state index contributed by atoms with van der Waals surface area (Å²) in [5.41, 5.74) is 0. The van der Waals surface area contributed by atoms with Gasteiger partial charge in [-0.05, 0) is 25.0 Å². The summed E-state index contributed by atoms with van der Waals surface area (Å²) in [6.07, 6.45) is 2.42. The molecular weight excluding hydrogens is 346 g/mol. The zero-order chi connectivity index (χ0) is 18.6. The average molecular weight is 373 g/mol. The number of ether oxygens (including phenoxy) is 2. The van der Waals surface area contributed by atoms with Gasteiger partial charge in [0.1, 0.15) is 17.9 Å². The van der Waals surface area contributed by atoms with E-state index in [-0.39, 0.29) is 24.0 Å². The Morgan fingerprint density at radius 2 is 1.89 bits per heavy atom. The molecule has 1 aromatic rings. The van der Waals surface area contributed by atoms with Crippen LogP contribution in [0.4, 0.5) is 0 Å². The minimum Gasteiger partial charge on any atom is -0.488 e. The van der Waals surface area contributed by atoms with Crippen molar-refractivity contribution in [3.63, 3.8) is 0 Å². The zero-order valence-corrected chi connectivity index (χ0v) is 15.5. The summed E-state index contributed by atoms with van der Waals surface area (Å²) in [5, 5.41) is 3.05. The molecule has 0 radical (unpaired) electrons. The van der Waals surface area contributed by atoms with Gasteiger partial charge in [-0.2, -0.15) is 0 Å². The summed E-state index contributed by atoms with van der Waals surface area (Å²) < 4.78 is 11.4. The maximum Gasteiger partial charge on any atom is 0.243 e. The molecule has 2 atom stereocenters. The van der Waals surface area contributed by atoms with E-state index in [1.165, 1.54) is 0 Å². The molecule has 0 bridgehead atoms. The van der Waals surface area contributed by atoms with Gasteiger partial charge < -0.3 is 19.7 Å². The molecule has 1 aromatic carbocycles. The molecule has 7 nitrogen and oxygen atoms in total. The van der Waals surface area contributed by atoms with Crippen LogP contribution in [0.3, 0.4) is 0 Å². The fourth-order valence-electron chi connectivity index (χ4n) is 3.66. The van der Waals surface area contributed by atoms with Crippen molar-refractivity contribution in [2.45, 2.75) is 37.5 Å². The van der Waals surface area contributed by atoms with Crippen LogP contribution in [0, 0.1) is 0 Å². The zero-order valence-electron chi connectivity index (χ0n) is 15.5. The number of carbonyl (C=O) groups excluding carboxylic acids is 2. The second-order valence-electron chi connectivity index (χ2n) is 7.52. The van der Waals surface area contributed by atoms with Gasteiger partial charge in [-0.25, -0.2) is 0 Å². The Labute approximate surface area is 159 Å². The lowest BCUT2D eigenvalue weighted by Crippen LogP contribution is -2.50. The topological polar surface area (TPSA) is 71.1 Å². The van der Waals surface area contributed by atoms with Crippen molar-refractivity contribution in [1.29, 1.82) is 0 Å². The van der Waals surface area contributed by atoms with Gasteiger partial charge in [0, 0.05) is 25.6 Å². The van der Waals surface area contributed by atoms with Crippen molar-refractivity contribution in [3.8, 4) is 5.75 Å². The standard InChI is InChI=1S/C20H27N3O4/c24-19(14-22-8-10-26-11-9-22)23-13-17(27-16-4-2-1-3-5-16)12-18(23)20(25)21-15-6-7-15/h1-5,15,17-18H,6-14H2,(H,21,25)/t17-,18-/m0/s1. The van der Waals surface area contributed by atoms with E-state index in [1.807, 2.05) is 30.3 Å². The molecule has 3 fully saturated rings. The monoisotopic (exact) mass is 373 g/mol. The van der Waals surface area contributed by atoms with E-state index >= 15 is 0 Å². The van der Waals surface area contributed by atoms with Crippen LogP contribution in [0.5, 0.6) is 5.75 Å². The first kappa shape index (κ1) is 18.3. The molecule has 2 heterocycles. The summed E-state index contributed by atoms with van der Waals surface area (Å²) in [6.45, 7) is 3.58. The van der Waals surface area contributed by atoms with E-state index in [0.717, 1.165) is 31.7 Å². The van der Waals surface area contributed by atoms with Crippen LogP contribution < -0.4 is 10.1 Å². The molecule has 7 heteroatoms. The lowest BCUT2D eigenvalue weighted by Gasteiger charge is -2.30. The Morgan fingerprint density at radius 1 is 1.15 bits per heavy atom. The Morgan fingerprint density at radius 3 is 2.59 bits per heavy atom. The van der Waals surface area contributed by atoms with Gasteiger partial charge in [-0.15, -0.1) is 0 Å². The summed E-state index contributed by atoms with van der Waals surface area (Å²) in [5.74, 6) is 0.713. The van der Waals surface area contributed by atoms with E-state index in [2.05, 4.69) is 10.2 Å². The SMILES string of the molecule is O=C(NC1CC1)[C@@H]1C[C@H](Oc2ccccc2)CN1C(=O)CN1CCOCC1. The van der Waals surface area contributed by atoms with E-state index in [1.54, 1.807) is 4.90 Å². The molecule has 2 aliphatic heterocycles. The Kier molecular flexibility index (Phi) is 5.59. The first-order chi connectivity index (χ1) is 13.2. The highest BCUT2D eigenvalue weighted by molar-refractivity contribution is 5.89. The molecule has 2 amide bonds. The normalized spacial score (nSPS) is 26.0. The van der Waals surface area contributed by atoms with Crippen molar-refractivity contribution >= 4 is 11.8 Å². The van der Waals surface area contributed by atoms with Crippen molar-refractivity contribution in [3.05, 3.63) is 30.3 Å². The van der Waals surface area contributed by atoms with Gasteiger partial charge in [0.15, 0.2) is 0 Å². The van der Waals surface area contributed by atoms with Crippen molar-refractivity contribution in [2.75, 3.05) is 39.4 Å². The fraction of sp³-hybridized carbons (Fsp3) is 0.600. The predicted octanol–water partition coefficient (Wildman–Crippen LogP) is 0.646. The molecule has 2 saturated heterocycles. The highest BCUT2D eigenvalue weighted by atomic mass is 16.5. The molecule has 3 aliphatic rings. The highest BCUT2D eigenvalue weighted by Crippen LogP contribution is 2.25. The number of para-hydroxylation sites is 1. The smallest absolute Gasteiger partial charge is 0.243 e. The third-order valence-electron chi connectivity index (χ3n) is 5.32. The number of morpholine rings is 1. The van der Waals surface area contributed by atoms with E-state index in [9.17, 15) is 9.59 Å². The van der Waals surface area contributed by atoms with Crippen molar-refractivity contribution < 1.29 is 19.1 Å². The number of hydrogen-bond donors (Lipinski definition) is 1. The van der Waals surface area contributed by atoms with Crippen molar-refractivity contribution in [1.82, 2.24) is 15.1 Å². The first-order valence-corrected chi connectivity index (χ1v) is 9.80. The molecule has 0 spiro atoms. The fourth-order valence-corrected chi connectivity index (χ4v) is 3.66. The summed E-state index contributed by atoms with van der Waals surface area (Å²) in [7, 11) is 0. The highest BCUT2D eigenvalue weighted by Gasteiger charge is 2.42. The number of rotatable bonds is 6. The van der Waals surface area contributed by atoms with E-state index in [0.29, 0.717) is 32.7 Å². The number of benzene rings is 1. The summed E-state index contributed by atoms with van der Waals surface area (Å²) >= 11 is 0. The maximum atomic E-state index is 12.9. The molecule has 0 aromatic heterocycles. The molecule has 1 saturated carbocycles. The summed E-state index contributed by atoms with van der Waals surface area (Å²) in [4.78, 5) is 29.4. The second-order valence-corrected chi connectivity index (χ2v) is 7.52. The number of hydrogen-bond acceptors (Lipinski definition) is 5. The van der Waals surface area contributed by atoms with Gasteiger partial charge >= 0.3 is 0 Å². The van der Waals surface area contributed by atoms with E-state index < -0.39 is 6.04 Å². The molecule has 1 aliphatic carbocycles. The van der Waals surface area contributed by atoms with Crippen LogP contribution in [-0.2, 0) is 14.3 Å².